The van der Waals surface area contributed by atoms with Crippen molar-refractivity contribution in [1.29, 1.82) is 0 Å². The number of hydrogen-bond acceptors (Lipinski definition) is 10. The quantitative estimate of drug-likeness (QED) is 0.270. The number of aryl methyl sites for hydroxylation is 2. The number of aliphatic hydroxyl groups excluding tert-OH is 1. The van der Waals surface area contributed by atoms with Gasteiger partial charge < -0.3 is 24.6 Å². The first kappa shape index (κ1) is 32.3. The summed E-state index contributed by atoms with van der Waals surface area (Å²) in [5.74, 6) is -0.881. The molecule has 2 amide bonds. The molecule has 2 aromatic heterocycles. The van der Waals surface area contributed by atoms with Gasteiger partial charge in [-0.3, -0.25) is 9.59 Å². The van der Waals surface area contributed by atoms with E-state index in [1.54, 1.807) is 55.3 Å². The van der Waals surface area contributed by atoms with Gasteiger partial charge in [-0.2, -0.15) is 4.31 Å². The van der Waals surface area contributed by atoms with Crippen LogP contribution in [0.25, 0.3) is 10.6 Å². The van der Waals surface area contributed by atoms with Crippen LogP contribution in [-0.2, 0) is 10.0 Å². The van der Waals surface area contributed by atoms with Crippen LogP contribution < -0.4 is 10.1 Å². The first-order chi connectivity index (χ1) is 21.4. The lowest BCUT2D eigenvalue weighted by molar-refractivity contribution is 0.0388. The highest BCUT2D eigenvalue weighted by Crippen LogP contribution is 2.36. The third kappa shape index (κ3) is 6.50. The summed E-state index contributed by atoms with van der Waals surface area (Å²) in [6, 6.07) is 11.3. The molecule has 3 heterocycles. The number of carbonyl (C=O) groups is 2. The maximum atomic E-state index is 13.8. The maximum Gasteiger partial charge on any atom is 0.258 e. The van der Waals surface area contributed by atoms with Crippen molar-refractivity contribution in [3.63, 3.8) is 0 Å². The number of carbonyl (C=O) groups excluding carboxylic acids is 2. The number of ether oxygens (including phenoxy) is 1. The number of aliphatic hydroxyl groups is 1. The van der Waals surface area contributed by atoms with E-state index in [9.17, 15) is 23.1 Å². The predicted molar refractivity (Wildman–Crippen MR) is 169 cm³/mol. The van der Waals surface area contributed by atoms with Gasteiger partial charge >= 0.3 is 0 Å². The number of benzene rings is 2. The number of sulfonamides is 1. The summed E-state index contributed by atoms with van der Waals surface area (Å²) in [4.78, 5) is 33.0. The van der Waals surface area contributed by atoms with Gasteiger partial charge in [0.1, 0.15) is 21.7 Å². The van der Waals surface area contributed by atoms with Crippen LogP contribution in [0.2, 0.25) is 0 Å². The summed E-state index contributed by atoms with van der Waals surface area (Å²) in [6.07, 6.45) is 0.965. The van der Waals surface area contributed by atoms with Crippen molar-refractivity contribution in [1.82, 2.24) is 19.3 Å². The second-order valence-electron chi connectivity index (χ2n) is 11.1. The number of aromatic nitrogens is 2. The van der Waals surface area contributed by atoms with Crippen LogP contribution in [0.3, 0.4) is 0 Å². The van der Waals surface area contributed by atoms with E-state index in [-0.39, 0.29) is 64.9 Å². The molecule has 4 aromatic rings. The number of para-hydroxylation sites is 1. The van der Waals surface area contributed by atoms with E-state index >= 15 is 0 Å². The van der Waals surface area contributed by atoms with Crippen LogP contribution in [0.5, 0.6) is 5.75 Å². The van der Waals surface area contributed by atoms with Gasteiger partial charge in [0.2, 0.25) is 10.0 Å². The summed E-state index contributed by atoms with van der Waals surface area (Å²) < 4.78 is 39.9. The van der Waals surface area contributed by atoms with Gasteiger partial charge in [0.25, 0.3) is 11.8 Å². The minimum absolute atomic E-state index is 0.0107. The molecular weight excluding hydrogens is 619 g/mol. The second-order valence-corrected chi connectivity index (χ2v) is 14.0. The Balaban J connectivity index is 1.49. The number of thiazole rings is 1. The van der Waals surface area contributed by atoms with E-state index in [2.05, 4.69) is 15.5 Å². The predicted octanol–water partition coefficient (Wildman–Crippen LogP) is 4.21. The highest BCUT2D eigenvalue weighted by atomic mass is 32.2. The Hall–Kier alpha value is -4.11. The lowest BCUT2D eigenvalue weighted by atomic mass is 9.99. The summed E-state index contributed by atoms with van der Waals surface area (Å²) in [5, 5.41) is 19.3. The van der Waals surface area contributed by atoms with E-state index in [1.807, 2.05) is 24.4 Å². The van der Waals surface area contributed by atoms with Crippen LogP contribution in [-0.4, -0.2) is 83.6 Å². The van der Waals surface area contributed by atoms with Gasteiger partial charge in [0, 0.05) is 42.2 Å². The number of fused-ring (bicyclic) bond motifs is 1. The van der Waals surface area contributed by atoms with Crippen molar-refractivity contribution in [3.05, 3.63) is 76.6 Å². The number of nitrogens with one attached hydrogen (secondary N) is 1. The molecule has 0 saturated heterocycles. The second kappa shape index (κ2) is 13.1. The number of hydrogen-bond donors (Lipinski definition) is 2. The standard InChI is InChI=1S/C31H35N5O7S2/c1-18-15-36(19(2)17-37)31(39)24-7-6-8-25(33-29(38)22-9-11-23(12-10-22)30-32-13-14-44-30)27(24)42-26(18)16-35(5)45(40,41)28-20(3)34-43-21(28)4/h6-14,18-19,26,37H,15-17H2,1-5H3,(H,33,38)/t18-,19+,26-/m1/s1. The SMILES string of the molecule is Cc1noc(C)c1S(=O)(=O)N(C)C[C@H]1Oc2c(NC(=O)c3ccc(-c4nccs4)cc3)cccc2C(=O)N([C@@H](C)CO)C[C@H]1C. The van der Waals surface area contributed by atoms with Gasteiger partial charge in [-0.15, -0.1) is 11.3 Å². The van der Waals surface area contributed by atoms with E-state index in [4.69, 9.17) is 9.26 Å². The fourth-order valence-corrected chi connectivity index (χ4v) is 7.35. The summed E-state index contributed by atoms with van der Waals surface area (Å²) in [7, 11) is -2.56. The van der Waals surface area contributed by atoms with Crippen molar-refractivity contribution in [3.8, 4) is 16.3 Å². The molecule has 14 heteroatoms. The van der Waals surface area contributed by atoms with Crippen molar-refractivity contribution in [2.75, 3.05) is 32.1 Å². The molecule has 0 unspecified atom stereocenters. The molecule has 3 atom stereocenters. The zero-order valence-electron chi connectivity index (χ0n) is 25.6. The molecule has 1 aliphatic heterocycles. The highest BCUT2D eigenvalue weighted by molar-refractivity contribution is 7.89. The van der Waals surface area contributed by atoms with Gasteiger partial charge in [0.05, 0.1) is 30.4 Å². The van der Waals surface area contributed by atoms with Crippen molar-refractivity contribution < 1.29 is 32.4 Å². The van der Waals surface area contributed by atoms with Crippen LogP contribution in [0.15, 0.2) is 63.5 Å². The molecule has 0 aliphatic carbocycles. The molecule has 5 rings (SSSR count). The normalized spacial score (nSPS) is 17.8. The van der Waals surface area contributed by atoms with Gasteiger partial charge in [-0.05, 0) is 45.0 Å². The number of rotatable bonds is 9. The van der Waals surface area contributed by atoms with E-state index in [0.29, 0.717) is 5.56 Å². The minimum atomic E-state index is -4.01. The largest absolute Gasteiger partial charge is 0.486 e. The Labute approximate surface area is 265 Å². The zero-order chi connectivity index (χ0) is 32.5. The summed E-state index contributed by atoms with van der Waals surface area (Å²) in [6.45, 7) is 6.53. The Kier molecular flexibility index (Phi) is 9.39. The first-order valence-electron chi connectivity index (χ1n) is 14.3. The molecule has 238 valence electrons. The Bertz CT molecular complexity index is 1770. The smallest absolute Gasteiger partial charge is 0.258 e. The summed E-state index contributed by atoms with van der Waals surface area (Å²) >= 11 is 1.49. The van der Waals surface area contributed by atoms with E-state index in [0.717, 1.165) is 10.6 Å². The number of anilines is 1. The van der Waals surface area contributed by atoms with Crippen LogP contribution in [0.1, 0.15) is 46.0 Å². The molecule has 2 N–H and O–H groups in total. The molecule has 1 aliphatic rings. The Morgan fingerprint density at radius 3 is 2.58 bits per heavy atom. The zero-order valence-corrected chi connectivity index (χ0v) is 27.2. The Morgan fingerprint density at radius 2 is 1.96 bits per heavy atom. The highest BCUT2D eigenvalue weighted by Gasteiger charge is 2.37. The van der Waals surface area contributed by atoms with Gasteiger partial charge in [-0.1, -0.05) is 30.3 Å². The minimum Gasteiger partial charge on any atom is -0.486 e. The molecule has 0 fully saturated rings. The summed E-state index contributed by atoms with van der Waals surface area (Å²) in [5.41, 5.74) is 1.94. The average molecular weight is 654 g/mol. The third-order valence-electron chi connectivity index (χ3n) is 7.84. The fraction of sp³-hybridized carbons (Fsp3) is 0.355. The molecule has 0 spiro atoms. The molecular formula is C31H35N5O7S2. The topological polar surface area (TPSA) is 155 Å². The number of nitrogens with zero attached hydrogens (tertiary/aromatic N) is 4. The maximum absolute atomic E-state index is 13.8. The van der Waals surface area contributed by atoms with Crippen molar-refractivity contribution in [2.24, 2.45) is 5.92 Å². The van der Waals surface area contributed by atoms with E-state index in [1.165, 1.54) is 29.6 Å². The number of amides is 2. The fourth-order valence-electron chi connectivity index (χ4n) is 5.23. The average Bonchev–Trinajstić information content (AvgIpc) is 3.68. The lowest BCUT2D eigenvalue weighted by Gasteiger charge is -2.38. The molecule has 45 heavy (non-hydrogen) atoms. The monoisotopic (exact) mass is 653 g/mol. The molecule has 12 nitrogen and oxygen atoms in total. The molecule has 0 bridgehead atoms. The number of likely N-dealkylation sites (N-methyl/N-ethyl adjacent to an activating group) is 1. The van der Waals surface area contributed by atoms with Crippen LogP contribution in [0.4, 0.5) is 5.69 Å². The molecule has 2 aromatic carbocycles. The van der Waals surface area contributed by atoms with Crippen LogP contribution >= 0.6 is 11.3 Å². The van der Waals surface area contributed by atoms with Crippen molar-refractivity contribution >= 4 is 38.9 Å². The third-order valence-corrected chi connectivity index (χ3v) is 10.7. The first-order valence-corrected chi connectivity index (χ1v) is 16.7. The lowest BCUT2D eigenvalue weighted by Crippen LogP contribution is -2.50. The Morgan fingerprint density at radius 1 is 1.22 bits per heavy atom. The van der Waals surface area contributed by atoms with E-state index < -0.39 is 28.1 Å². The van der Waals surface area contributed by atoms with Gasteiger partial charge in [0.15, 0.2) is 11.5 Å². The molecule has 0 saturated carbocycles. The molecule has 0 radical (unpaired) electrons. The van der Waals surface area contributed by atoms with Crippen molar-refractivity contribution in [2.45, 2.75) is 44.7 Å². The van der Waals surface area contributed by atoms with Crippen LogP contribution in [0, 0.1) is 19.8 Å². The van der Waals surface area contributed by atoms with Gasteiger partial charge in [-0.25, -0.2) is 13.4 Å².